The maximum absolute atomic E-state index is 12.3. The number of phenols is 1. The molecule has 118 valence electrons. The van der Waals surface area contributed by atoms with E-state index in [4.69, 9.17) is 0 Å². The highest BCUT2D eigenvalue weighted by Gasteiger charge is 2.64. The topological polar surface area (TPSA) is 61.7 Å². The number of carbonyl (C=O) groups is 1. The number of aromatic hydroxyl groups is 1. The Hall–Kier alpha value is -0.380. The van der Waals surface area contributed by atoms with Gasteiger partial charge in [0.1, 0.15) is 5.75 Å². The summed E-state index contributed by atoms with van der Waals surface area (Å²) in [5.41, 5.74) is 3.77. The van der Waals surface area contributed by atoms with Crippen LogP contribution < -0.4 is 5.43 Å². The fraction of sp³-hybridized carbons (Fsp3) is 0.500. The molecule has 0 heterocycles. The van der Waals surface area contributed by atoms with Crippen LogP contribution in [0, 0.1) is 24.4 Å². The Balaban J connectivity index is 1.62. The van der Waals surface area contributed by atoms with E-state index in [0.29, 0.717) is 5.92 Å². The lowest BCUT2D eigenvalue weighted by atomic mass is 9.90. The predicted octanol–water partition coefficient (Wildman–Crippen LogP) is 3.88. The van der Waals surface area contributed by atoms with Gasteiger partial charge in [0.05, 0.1) is 13.4 Å². The molecule has 2 fully saturated rings. The molecule has 22 heavy (non-hydrogen) atoms. The van der Waals surface area contributed by atoms with Gasteiger partial charge in [0.2, 0.25) is 5.91 Å². The molecule has 4 nitrogen and oxygen atoms in total. The summed E-state index contributed by atoms with van der Waals surface area (Å²) < 4.78 is 1.55. The Morgan fingerprint density at radius 1 is 1.41 bits per heavy atom. The lowest BCUT2D eigenvalue weighted by Crippen LogP contribution is -2.22. The average Bonchev–Trinajstić information content (AvgIpc) is 3.10. The molecule has 0 spiro atoms. The van der Waals surface area contributed by atoms with Crippen molar-refractivity contribution in [1.29, 1.82) is 0 Å². The second-order valence-corrected chi connectivity index (χ2v) is 8.73. The van der Waals surface area contributed by atoms with Gasteiger partial charge in [0.25, 0.3) is 0 Å². The highest BCUT2D eigenvalue weighted by atomic mass is 127. The zero-order chi connectivity index (χ0) is 15.9. The summed E-state index contributed by atoms with van der Waals surface area (Å²) in [4.78, 5) is 12.3. The summed E-state index contributed by atoms with van der Waals surface area (Å²) in [7, 11) is 0. The number of fused-ring (bicyclic) bond motifs is 1. The van der Waals surface area contributed by atoms with E-state index < -0.39 is 0 Å². The van der Waals surface area contributed by atoms with Crippen LogP contribution in [-0.2, 0) is 4.79 Å². The van der Waals surface area contributed by atoms with Gasteiger partial charge in [-0.25, -0.2) is 5.43 Å². The van der Waals surface area contributed by atoms with Gasteiger partial charge >= 0.3 is 0 Å². The number of hydrogen-bond acceptors (Lipinski definition) is 3. The molecule has 1 aromatic rings. The molecular weight excluding hydrogens is 506 g/mol. The number of amides is 1. The average molecular weight is 524 g/mol. The first-order valence-electron chi connectivity index (χ1n) is 7.44. The molecule has 2 aliphatic rings. The Kier molecular flexibility index (Phi) is 4.69. The van der Waals surface area contributed by atoms with Gasteiger partial charge in [0, 0.05) is 5.92 Å². The number of hydrazone groups is 1. The third kappa shape index (κ3) is 3.00. The van der Waals surface area contributed by atoms with Crippen molar-refractivity contribution in [3.05, 3.63) is 24.8 Å². The van der Waals surface area contributed by atoms with Crippen LogP contribution in [0.5, 0.6) is 5.75 Å². The fourth-order valence-electron chi connectivity index (χ4n) is 3.75. The van der Waals surface area contributed by atoms with E-state index >= 15 is 0 Å². The molecule has 2 N–H and O–H groups in total. The first-order valence-corrected chi connectivity index (χ1v) is 9.60. The van der Waals surface area contributed by atoms with E-state index in [-0.39, 0.29) is 23.0 Å². The normalized spacial score (nSPS) is 30.1. The Morgan fingerprint density at radius 2 is 2.09 bits per heavy atom. The molecule has 3 atom stereocenters. The van der Waals surface area contributed by atoms with Gasteiger partial charge < -0.3 is 5.11 Å². The second-order valence-electron chi connectivity index (χ2n) is 6.40. The van der Waals surface area contributed by atoms with E-state index in [1.807, 2.05) is 12.1 Å². The molecule has 1 aromatic carbocycles. The van der Waals surface area contributed by atoms with Crippen LogP contribution in [0.3, 0.4) is 0 Å². The number of carbonyl (C=O) groups excluding carboxylic acids is 1. The number of nitrogens with one attached hydrogen (secondary N) is 1. The van der Waals surface area contributed by atoms with Crippen LogP contribution in [0.2, 0.25) is 0 Å². The molecule has 0 aromatic heterocycles. The Labute approximate surface area is 157 Å². The zero-order valence-corrected chi connectivity index (χ0v) is 16.6. The quantitative estimate of drug-likeness (QED) is 0.359. The molecule has 0 aliphatic heterocycles. The summed E-state index contributed by atoms with van der Waals surface area (Å²) in [6.07, 6.45) is 6.46. The summed E-state index contributed by atoms with van der Waals surface area (Å²) >= 11 is 4.16. The molecular formula is C16H18I2N2O2. The second kappa shape index (κ2) is 6.26. The van der Waals surface area contributed by atoms with Gasteiger partial charge in [0.15, 0.2) is 0 Å². The molecule has 0 saturated heterocycles. The number of rotatable bonds is 3. The van der Waals surface area contributed by atoms with Crippen LogP contribution >= 0.6 is 45.2 Å². The summed E-state index contributed by atoms with van der Waals surface area (Å²) in [5.74, 6) is 1.02. The molecule has 1 amide bonds. The summed E-state index contributed by atoms with van der Waals surface area (Å²) in [6.45, 7) is 2.23. The van der Waals surface area contributed by atoms with Crippen LogP contribution in [0.1, 0.15) is 38.2 Å². The van der Waals surface area contributed by atoms with Crippen molar-refractivity contribution in [1.82, 2.24) is 5.43 Å². The number of phenolic OH excluding ortho intramolecular Hbond substituents is 1. The van der Waals surface area contributed by atoms with Crippen molar-refractivity contribution in [3.63, 3.8) is 0 Å². The van der Waals surface area contributed by atoms with Gasteiger partial charge in [-0.2, -0.15) is 5.10 Å². The third-order valence-corrected chi connectivity index (χ3v) is 6.69. The lowest BCUT2D eigenvalue weighted by Gasteiger charge is -2.15. The molecule has 6 heteroatoms. The predicted molar refractivity (Wildman–Crippen MR) is 103 cm³/mol. The molecule has 0 radical (unpaired) electrons. The number of benzene rings is 1. The maximum atomic E-state index is 12.3. The van der Waals surface area contributed by atoms with E-state index in [0.717, 1.165) is 19.1 Å². The Bertz CT molecular complexity index is 624. The zero-order valence-electron chi connectivity index (χ0n) is 12.3. The lowest BCUT2D eigenvalue weighted by molar-refractivity contribution is -0.123. The molecule has 0 unspecified atom stereocenters. The number of nitrogens with zero attached hydrogens (tertiary/aromatic N) is 1. The first kappa shape index (κ1) is 16.5. The van der Waals surface area contributed by atoms with Crippen LogP contribution in [0.15, 0.2) is 17.2 Å². The smallest absolute Gasteiger partial charge is 0.244 e. The monoisotopic (exact) mass is 524 g/mol. The van der Waals surface area contributed by atoms with Crippen LogP contribution in [0.25, 0.3) is 0 Å². The van der Waals surface area contributed by atoms with E-state index in [1.54, 1.807) is 6.21 Å². The van der Waals surface area contributed by atoms with Crippen molar-refractivity contribution in [2.75, 3.05) is 0 Å². The molecule has 3 rings (SSSR count). The third-order valence-electron chi connectivity index (χ3n) is 5.04. The van der Waals surface area contributed by atoms with Crippen molar-refractivity contribution < 1.29 is 9.90 Å². The minimum Gasteiger partial charge on any atom is -0.506 e. The standard InChI is InChI=1S/C16H18I2N2O2/c1-16-5-3-2-4-10(16)13(16)15(22)20-19-8-9-6-11(17)14(21)12(18)7-9/h6-8,10,13,21H,2-5H2,1H3,(H,20,22)/b19-8-/t10-,13+,16+/m1/s1. The largest absolute Gasteiger partial charge is 0.506 e. The fourth-order valence-corrected chi connectivity index (χ4v) is 5.57. The van der Waals surface area contributed by atoms with E-state index in [2.05, 4.69) is 62.6 Å². The maximum Gasteiger partial charge on any atom is 0.244 e. The highest BCUT2D eigenvalue weighted by Crippen LogP contribution is 2.66. The van der Waals surface area contributed by atoms with Gasteiger partial charge in [-0.1, -0.05) is 19.8 Å². The minimum atomic E-state index is 0.0498. The molecule has 0 bridgehead atoms. The molecule has 2 saturated carbocycles. The van der Waals surface area contributed by atoms with Crippen molar-refractivity contribution in [3.8, 4) is 5.75 Å². The van der Waals surface area contributed by atoms with Crippen molar-refractivity contribution in [2.45, 2.75) is 32.6 Å². The Morgan fingerprint density at radius 3 is 2.68 bits per heavy atom. The SMILES string of the molecule is C[C@]12CCCC[C@@H]1[C@H]2C(=O)N/N=C\c1cc(I)c(O)c(I)c1. The van der Waals surface area contributed by atoms with Crippen LogP contribution in [0.4, 0.5) is 0 Å². The van der Waals surface area contributed by atoms with Gasteiger partial charge in [-0.15, -0.1) is 0 Å². The first-order chi connectivity index (χ1) is 10.4. The van der Waals surface area contributed by atoms with Crippen molar-refractivity contribution in [2.24, 2.45) is 22.4 Å². The number of hydrogen-bond donors (Lipinski definition) is 2. The van der Waals surface area contributed by atoms with Gasteiger partial charge in [-0.05, 0) is 87.1 Å². The summed E-state index contributed by atoms with van der Waals surface area (Å²) in [6, 6.07) is 3.68. The molecule has 2 aliphatic carbocycles. The minimum absolute atomic E-state index is 0.0498. The summed E-state index contributed by atoms with van der Waals surface area (Å²) in [5, 5.41) is 13.8. The van der Waals surface area contributed by atoms with E-state index in [9.17, 15) is 9.90 Å². The van der Waals surface area contributed by atoms with Crippen LogP contribution in [-0.4, -0.2) is 17.2 Å². The highest BCUT2D eigenvalue weighted by molar-refractivity contribution is 14.1. The van der Waals surface area contributed by atoms with Crippen molar-refractivity contribution >= 4 is 57.3 Å². The van der Waals surface area contributed by atoms with E-state index in [1.165, 1.54) is 19.3 Å². The van der Waals surface area contributed by atoms with Gasteiger partial charge in [-0.3, -0.25) is 4.79 Å². The number of halogens is 2.